The van der Waals surface area contributed by atoms with Crippen LogP contribution in [0.4, 0.5) is 0 Å². The van der Waals surface area contributed by atoms with Crippen LogP contribution in [0.25, 0.3) is 0 Å². The van der Waals surface area contributed by atoms with Crippen molar-refractivity contribution in [2.24, 2.45) is 0 Å². The van der Waals surface area contributed by atoms with Gasteiger partial charge in [-0.1, -0.05) is 25.1 Å². The maximum Gasteiger partial charge on any atom is 0.219 e. The number of aryl methyl sites for hydroxylation is 2. The van der Waals surface area contributed by atoms with Gasteiger partial charge in [-0.25, -0.2) is 8.42 Å². The maximum absolute atomic E-state index is 13.2. The highest BCUT2D eigenvalue weighted by molar-refractivity contribution is 7.91. The predicted molar refractivity (Wildman–Crippen MR) is 93.4 cm³/mol. The number of pyridine rings is 1. The molecule has 1 heterocycles. The van der Waals surface area contributed by atoms with Gasteiger partial charge in [0.25, 0.3) is 0 Å². The van der Waals surface area contributed by atoms with E-state index in [-0.39, 0.29) is 12.5 Å². The fraction of sp³-hybridized carbons (Fsp3) is 0.333. The molecule has 2 aromatic rings. The molecule has 1 atom stereocenters. The van der Waals surface area contributed by atoms with Gasteiger partial charge in [0, 0.05) is 25.4 Å². The molecule has 128 valence electrons. The van der Waals surface area contributed by atoms with Crippen LogP contribution >= 0.6 is 0 Å². The summed E-state index contributed by atoms with van der Waals surface area (Å²) in [5.41, 5.74) is 2.13. The molecule has 0 fully saturated rings. The average molecular weight is 346 g/mol. The maximum atomic E-state index is 13.2. The number of nitrogens with one attached hydrogen (secondary N) is 1. The van der Waals surface area contributed by atoms with E-state index in [1.807, 2.05) is 13.0 Å². The molecule has 1 amide bonds. The summed E-state index contributed by atoms with van der Waals surface area (Å²) in [7, 11) is -3.67. The van der Waals surface area contributed by atoms with Crippen molar-refractivity contribution >= 4 is 15.7 Å². The molecule has 1 aromatic carbocycles. The highest BCUT2D eigenvalue weighted by Crippen LogP contribution is 2.30. The lowest BCUT2D eigenvalue weighted by Gasteiger charge is -2.20. The first-order valence-corrected chi connectivity index (χ1v) is 9.38. The number of hydrogen-bond donors (Lipinski definition) is 1. The quantitative estimate of drug-likeness (QED) is 0.872. The zero-order chi connectivity index (χ0) is 17.7. The van der Waals surface area contributed by atoms with Gasteiger partial charge in [0.1, 0.15) is 5.25 Å². The van der Waals surface area contributed by atoms with Crippen LogP contribution < -0.4 is 5.32 Å². The standard InChI is InChI=1S/C18H22N2O3S/c1-4-18(21)20-12-17(15-6-5-9-19-11-15)24(22,23)16-10-13(2)7-8-14(16)3/h5-11,17H,4,12H2,1-3H3,(H,20,21)/t17-/m0/s1. The number of sulfone groups is 1. The van der Waals surface area contributed by atoms with Gasteiger partial charge in [0.2, 0.25) is 5.91 Å². The summed E-state index contributed by atoms with van der Waals surface area (Å²) < 4.78 is 26.5. The van der Waals surface area contributed by atoms with Crippen LogP contribution in [-0.2, 0) is 14.6 Å². The Kier molecular flexibility index (Phi) is 5.72. The Morgan fingerprint density at radius 3 is 2.62 bits per heavy atom. The van der Waals surface area contributed by atoms with Crippen LogP contribution in [0.2, 0.25) is 0 Å². The third-order valence-electron chi connectivity index (χ3n) is 3.89. The summed E-state index contributed by atoms with van der Waals surface area (Å²) in [5, 5.41) is 1.82. The number of nitrogens with zero attached hydrogens (tertiary/aromatic N) is 1. The molecule has 1 N–H and O–H groups in total. The summed E-state index contributed by atoms with van der Waals surface area (Å²) >= 11 is 0. The number of amides is 1. The molecule has 0 radical (unpaired) electrons. The van der Waals surface area contributed by atoms with Gasteiger partial charge in [-0.05, 0) is 42.7 Å². The Hall–Kier alpha value is -2.21. The van der Waals surface area contributed by atoms with Crippen molar-refractivity contribution < 1.29 is 13.2 Å². The van der Waals surface area contributed by atoms with Crippen molar-refractivity contribution in [3.05, 3.63) is 59.4 Å². The molecule has 0 aliphatic carbocycles. The molecule has 5 nitrogen and oxygen atoms in total. The van der Waals surface area contributed by atoms with Gasteiger partial charge in [-0.2, -0.15) is 0 Å². The normalized spacial score (nSPS) is 12.6. The number of carbonyl (C=O) groups is 1. The Bertz CT molecular complexity index is 817. The summed E-state index contributed by atoms with van der Waals surface area (Å²) in [4.78, 5) is 15.9. The smallest absolute Gasteiger partial charge is 0.219 e. The van der Waals surface area contributed by atoms with Gasteiger partial charge < -0.3 is 5.32 Å². The zero-order valence-electron chi connectivity index (χ0n) is 14.1. The molecular formula is C18H22N2O3S. The topological polar surface area (TPSA) is 76.1 Å². The molecule has 0 saturated carbocycles. The number of aromatic nitrogens is 1. The first kappa shape index (κ1) is 18.1. The van der Waals surface area contributed by atoms with Crippen LogP contribution in [-0.4, -0.2) is 25.9 Å². The van der Waals surface area contributed by atoms with Crippen LogP contribution in [0.5, 0.6) is 0 Å². The monoisotopic (exact) mass is 346 g/mol. The molecule has 1 aromatic heterocycles. The van der Waals surface area contributed by atoms with Gasteiger partial charge in [0.05, 0.1) is 4.90 Å². The Morgan fingerprint density at radius 1 is 1.25 bits per heavy atom. The third kappa shape index (κ3) is 4.00. The molecule has 0 saturated heterocycles. The number of carbonyl (C=O) groups excluding carboxylic acids is 1. The Morgan fingerprint density at radius 2 is 2.00 bits per heavy atom. The van der Waals surface area contributed by atoms with E-state index in [1.54, 1.807) is 44.3 Å². The largest absolute Gasteiger partial charge is 0.354 e. The van der Waals surface area contributed by atoms with Crippen LogP contribution in [0.3, 0.4) is 0 Å². The minimum atomic E-state index is -3.67. The van der Waals surface area contributed by atoms with Crippen molar-refractivity contribution in [2.75, 3.05) is 6.54 Å². The van der Waals surface area contributed by atoms with Crippen LogP contribution in [0.1, 0.15) is 35.3 Å². The molecular weight excluding hydrogens is 324 g/mol. The van der Waals surface area contributed by atoms with E-state index < -0.39 is 15.1 Å². The lowest BCUT2D eigenvalue weighted by atomic mass is 10.2. The molecule has 2 rings (SSSR count). The average Bonchev–Trinajstić information content (AvgIpc) is 2.57. The lowest BCUT2D eigenvalue weighted by molar-refractivity contribution is -0.120. The molecule has 0 spiro atoms. The molecule has 6 heteroatoms. The van der Waals surface area contributed by atoms with Crippen LogP contribution in [0.15, 0.2) is 47.6 Å². The van der Waals surface area contributed by atoms with E-state index in [1.165, 1.54) is 6.20 Å². The second-order valence-electron chi connectivity index (χ2n) is 5.75. The Labute approximate surface area is 143 Å². The van der Waals surface area contributed by atoms with Crippen molar-refractivity contribution in [2.45, 2.75) is 37.3 Å². The summed E-state index contributed by atoms with van der Waals surface area (Å²) in [6.07, 6.45) is 3.43. The first-order valence-electron chi connectivity index (χ1n) is 7.84. The minimum Gasteiger partial charge on any atom is -0.354 e. The second-order valence-corrected chi connectivity index (χ2v) is 7.85. The van der Waals surface area contributed by atoms with E-state index in [9.17, 15) is 13.2 Å². The van der Waals surface area contributed by atoms with Crippen molar-refractivity contribution in [1.29, 1.82) is 0 Å². The predicted octanol–water partition coefficient (Wildman–Crippen LogP) is 2.74. The Balaban J connectivity index is 2.48. The lowest BCUT2D eigenvalue weighted by Crippen LogP contribution is -2.31. The number of benzene rings is 1. The van der Waals surface area contributed by atoms with E-state index >= 15 is 0 Å². The SMILES string of the molecule is CCC(=O)NC[C@@H](c1cccnc1)S(=O)(=O)c1cc(C)ccc1C. The zero-order valence-corrected chi connectivity index (χ0v) is 14.9. The second kappa shape index (κ2) is 7.57. The minimum absolute atomic E-state index is 0.0219. The van der Waals surface area contributed by atoms with Crippen molar-refractivity contribution in [1.82, 2.24) is 10.3 Å². The van der Waals surface area contributed by atoms with Gasteiger partial charge >= 0.3 is 0 Å². The summed E-state index contributed by atoms with van der Waals surface area (Å²) in [6.45, 7) is 5.38. The van der Waals surface area contributed by atoms with E-state index in [0.29, 0.717) is 22.4 Å². The van der Waals surface area contributed by atoms with E-state index in [4.69, 9.17) is 0 Å². The number of hydrogen-bond acceptors (Lipinski definition) is 4. The van der Waals surface area contributed by atoms with E-state index in [0.717, 1.165) is 5.56 Å². The fourth-order valence-corrected chi connectivity index (χ4v) is 4.45. The molecule has 0 aliphatic rings. The van der Waals surface area contributed by atoms with Crippen molar-refractivity contribution in [3.8, 4) is 0 Å². The molecule has 0 aliphatic heterocycles. The third-order valence-corrected chi connectivity index (χ3v) is 6.13. The first-order chi connectivity index (χ1) is 11.4. The van der Waals surface area contributed by atoms with Crippen molar-refractivity contribution in [3.63, 3.8) is 0 Å². The van der Waals surface area contributed by atoms with Gasteiger partial charge in [0.15, 0.2) is 9.84 Å². The van der Waals surface area contributed by atoms with Crippen LogP contribution in [0, 0.1) is 13.8 Å². The highest BCUT2D eigenvalue weighted by Gasteiger charge is 2.31. The van der Waals surface area contributed by atoms with E-state index in [2.05, 4.69) is 10.3 Å². The highest BCUT2D eigenvalue weighted by atomic mass is 32.2. The summed E-state index contributed by atoms with van der Waals surface area (Å²) in [5.74, 6) is -0.181. The van der Waals surface area contributed by atoms with Gasteiger partial charge in [-0.3, -0.25) is 9.78 Å². The fourth-order valence-electron chi connectivity index (χ4n) is 2.47. The summed E-state index contributed by atoms with van der Waals surface area (Å²) in [6, 6.07) is 8.77. The molecule has 0 bridgehead atoms. The molecule has 0 unspecified atom stereocenters. The molecule has 24 heavy (non-hydrogen) atoms. The number of rotatable bonds is 6. The van der Waals surface area contributed by atoms with Gasteiger partial charge in [-0.15, -0.1) is 0 Å².